The molecule has 1 aromatic heterocycles. The molecule has 2 N–H and O–H groups in total. The maximum Gasteiger partial charge on any atom is 0.261 e. The molecule has 4 aromatic rings. The largest absolute Gasteiger partial charge is 0.444 e. The van der Waals surface area contributed by atoms with E-state index >= 15 is 0 Å². The molecule has 0 saturated carbocycles. The zero-order chi connectivity index (χ0) is 21.8. The summed E-state index contributed by atoms with van der Waals surface area (Å²) in [5.41, 5.74) is 3.11. The summed E-state index contributed by atoms with van der Waals surface area (Å²) in [7, 11) is -3.76. The zero-order valence-corrected chi connectivity index (χ0v) is 17.4. The standard InChI is InChI=1S/C23H19N3O4S/c1-16-4-2-3-5-21(16)26-31(28,29)20-12-8-18(9-13-20)23(27)25-19-10-6-17(7-11-19)22-14-24-15-30-22/h2-15,26H,1H3,(H,25,27). The van der Waals surface area contributed by atoms with Crippen LogP contribution >= 0.6 is 0 Å². The van der Waals surface area contributed by atoms with Crippen LogP contribution in [-0.2, 0) is 10.0 Å². The van der Waals surface area contributed by atoms with Gasteiger partial charge in [-0.05, 0) is 67.1 Å². The van der Waals surface area contributed by atoms with Gasteiger partial charge in [0.15, 0.2) is 12.2 Å². The third-order valence-electron chi connectivity index (χ3n) is 4.68. The Balaban J connectivity index is 1.45. The van der Waals surface area contributed by atoms with Crippen molar-refractivity contribution in [1.82, 2.24) is 4.98 Å². The van der Waals surface area contributed by atoms with E-state index in [-0.39, 0.29) is 10.8 Å². The first-order chi connectivity index (χ1) is 14.9. The average molecular weight is 433 g/mol. The fourth-order valence-corrected chi connectivity index (χ4v) is 4.09. The van der Waals surface area contributed by atoms with E-state index in [1.807, 2.05) is 31.2 Å². The Morgan fingerprint density at radius 3 is 2.29 bits per heavy atom. The molecule has 7 nitrogen and oxygen atoms in total. The van der Waals surface area contributed by atoms with E-state index in [1.54, 1.807) is 30.5 Å². The van der Waals surface area contributed by atoms with Crippen molar-refractivity contribution in [3.63, 3.8) is 0 Å². The molecule has 0 aliphatic heterocycles. The Morgan fingerprint density at radius 2 is 1.65 bits per heavy atom. The fourth-order valence-electron chi connectivity index (χ4n) is 2.96. The summed E-state index contributed by atoms with van der Waals surface area (Å²) in [6.45, 7) is 1.82. The number of aryl methyl sites for hydroxylation is 1. The molecule has 0 unspecified atom stereocenters. The van der Waals surface area contributed by atoms with E-state index in [1.165, 1.54) is 30.7 Å². The van der Waals surface area contributed by atoms with Crippen molar-refractivity contribution in [3.05, 3.63) is 96.5 Å². The summed E-state index contributed by atoms with van der Waals surface area (Å²) in [6.07, 6.45) is 2.96. The molecule has 0 saturated heterocycles. The Hall–Kier alpha value is -3.91. The molecule has 0 aliphatic rings. The summed E-state index contributed by atoms with van der Waals surface area (Å²) in [5.74, 6) is 0.289. The van der Waals surface area contributed by atoms with Gasteiger partial charge in [-0.15, -0.1) is 0 Å². The molecule has 0 aliphatic carbocycles. The second-order valence-corrected chi connectivity index (χ2v) is 8.52. The minimum atomic E-state index is -3.76. The van der Waals surface area contributed by atoms with Crippen molar-refractivity contribution in [2.75, 3.05) is 10.0 Å². The van der Waals surface area contributed by atoms with Gasteiger partial charge in [0, 0.05) is 16.8 Å². The predicted octanol–water partition coefficient (Wildman–Crippen LogP) is 4.70. The molecule has 0 spiro atoms. The van der Waals surface area contributed by atoms with Gasteiger partial charge in [-0.2, -0.15) is 0 Å². The molecule has 3 aromatic carbocycles. The molecule has 4 rings (SSSR count). The number of oxazole rings is 1. The fraction of sp³-hybridized carbons (Fsp3) is 0.0435. The molecule has 0 bridgehead atoms. The predicted molar refractivity (Wildman–Crippen MR) is 118 cm³/mol. The lowest BCUT2D eigenvalue weighted by Gasteiger charge is -2.11. The maximum atomic E-state index is 12.6. The van der Waals surface area contributed by atoms with E-state index in [0.717, 1.165) is 11.1 Å². The number of nitrogens with zero attached hydrogens (tertiary/aromatic N) is 1. The number of hydrogen-bond donors (Lipinski definition) is 2. The number of para-hydroxylation sites is 1. The topological polar surface area (TPSA) is 101 Å². The van der Waals surface area contributed by atoms with Crippen LogP contribution in [0.25, 0.3) is 11.3 Å². The highest BCUT2D eigenvalue weighted by molar-refractivity contribution is 7.92. The minimum Gasteiger partial charge on any atom is -0.444 e. The number of carbonyl (C=O) groups excluding carboxylic acids is 1. The lowest BCUT2D eigenvalue weighted by atomic mass is 10.1. The van der Waals surface area contributed by atoms with Crippen LogP contribution in [0.1, 0.15) is 15.9 Å². The van der Waals surface area contributed by atoms with Gasteiger partial charge >= 0.3 is 0 Å². The van der Waals surface area contributed by atoms with Crippen molar-refractivity contribution in [2.45, 2.75) is 11.8 Å². The third kappa shape index (κ3) is 4.65. The summed E-state index contributed by atoms with van der Waals surface area (Å²) in [4.78, 5) is 16.5. The summed E-state index contributed by atoms with van der Waals surface area (Å²) in [6, 6.07) is 20.0. The third-order valence-corrected chi connectivity index (χ3v) is 6.06. The van der Waals surface area contributed by atoms with Crippen molar-refractivity contribution in [3.8, 4) is 11.3 Å². The molecule has 0 atom stereocenters. The second-order valence-electron chi connectivity index (χ2n) is 6.84. The molecular weight excluding hydrogens is 414 g/mol. The highest BCUT2D eigenvalue weighted by Gasteiger charge is 2.16. The first-order valence-electron chi connectivity index (χ1n) is 9.41. The number of anilines is 2. The lowest BCUT2D eigenvalue weighted by Crippen LogP contribution is -2.15. The van der Waals surface area contributed by atoms with Crippen LogP contribution in [0.15, 0.2) is 94.7 Å². The Labute approximate surface area is 179 Å². The van der Waals surface area contributed by atoms with Gasteiger partial charge < -0.3 is 9.73 Å². The van der Waals surface area contributed by atoms with Crippen molar-refractivity contribution in [2.24, 2.45) is 0 Å². The van der Waals surface area contributed by atoms with Crippen LogP contribution in [0.4, 0.5) is 11.4 Å². The van der Waals surface area contributed by atoms with Gasteiger partial charge in [-0.1, -0.05) is 18.2 Å². The maximum absolute atomic E-state index is 12.6. The van der Waals surface area contributed by atoms with E-state index in [0.29, 0.717) is 22.7 Å². The van der Waals surface area contributed by atoms with Gasteiger partial charge in [0.05, 0.1) is 16.8 Å². The molecule has 1 amide bonds. The number of hydrogen-bond acceptors (Lipinski definition) is 5. The van der Waals surface area contributed by atoms with Crippen LogP contribution in [0.5, 0.6) is 0 Å². The highest BCUT2D eigenvalue weighted by Crippen LogP contribution is 2.22. The van der Waals surface area contributed by atoms with Crippen molar-refractivity contribution in [1.29, 1.82) is 0 Å². The number of amides is 1. The summed E-state index contributed by atoms with van der Waals surface area (Å²) < 4.78 is 33.1. The van der Waals surface area contributed by atoms with Gasteiger partial charge in [-0.25, -0.2) is 13.4 Å². The van der Waals surface area contributed by atoms with E-state index in [2.05, 4.69) is 15.0 Å². The van der Waals surface area contributed by atoms with Crippen molar-refractivity contribution < 1.29 is 17.6 Å². The van der Waals surface area contributed by atoms with E-state index in [9.17, 15) is 13.2 Å². The smallest absolute Gasteiger partial charge is 0.261 e. The summed E-state index contributed by atoms with van der Waals surface area (Å²) in [5, 5.41) is 2.79. The van der Waals surface area contributed by atoms with Gasteiger partial charge in [0.25, 0.3) is 15.9 Å². The van der Waals surface area contributed by atoms with Crippen molar-refractivity contribution >= 4 is 27.3 Å². The van der Waals surface area contributed by atoms with E-state index in [4.69, 9.17) is 4.42 Å². The molecular formula is C23H19N3O4S. The SMILES string of the molecule is Cc1ccccc1NS(=O)(=O)c1ccc(C(=O)Nc2ccc(-c3cnco3)cc2)cc1. The van der Waals surface area contributed by atoms with Crippen LogP contribution in [0.3, 0.4) is 0 Å². The highest BCUT2D eigenvalue weighted by atomic mass is 32.2. The number of carbonyl (C=O) groups is 1. The van der Waals surface area contributed by atoms with Gasteiger partial charge in [0.1, 0.15) is 0 Å². The van der Waals surface area contributed by atoms with Gasteiger partial charge in [-0.3, -0.25) is 9.52 Å². The Kier molecular flexibility index (Phi) is 5.55. The number of benzene rings is 3. The normalized spacial score (nSPS) is 11.1. The minimum absolute atomic E-state index is 0.0729. The summed E-state index contributed by atoms with van der Waals surface area (Å²) >= 11 is 0. The molecule has 156 valence electrons. The molecule has 0 radical (unpaired) electrons. The first-order valence-corrected chi connectivity index (χ1v) is 10.9. The molecule has 1 heterocycles. The average Bonchev–Trinajstić information content (AvgIpc) is 3.31. The first kappa shape index (κ1) is 20.4. The number of rotatable bonds is 6. The number of aromatic nitrogens is 1. The Bertz CT molecular complexity index is 1300. The zero-order valence-electron chi connectivity index (χ0n) is 16.6. The number of nitrogens with one attached hydrogen (secondary N) is 2. The second kappa shape index (κ2) is 8.45. The van der Waals surface area contributed by atoms with E-state index < -0.39 is 10.0 Å². The van der Waals surface area contributed by atoms with Crippen LogP contribution in [0, 0.1) is 6.92 Å². The van der Waals surface area contributed by atoms with Crippen LogP contribution in [-0.4, -0.2) is 19.3 Å². The molecule has 0 fully saturated rings. The quantitative estimate of drug-likeness (QED) is 0.459. The lowest BCUT2D eigenvalue weighted by molar-refractivity contribution is 0.102. The Morgan fingerprint density at radius 1 is 0.935 bits per heavy atom. The van der Waals surface area contributed by atoms with Crippen LogP contribution < -0.4 is 10.0 Å². The number of sulfonamides is 1. The molecule has 31 heavy (non-hydrogen) atoms. The molecule has 8 heteroatoms. The van der Waals surface area contributed by atoms with Gasteiger partial charge in [0.2, 0.25) is 0 Å². The van der Waals surface area contributed by atoms with Crippen LogP contribution in [0.2, 0.25) is 0 Å². The monoisotopic (exact) mass is 433 g/mol.